The number of amides is 2. The highest BCUT2D eigenvalue weighted by Gasteiger charge is 2.21. The Morgan fingerprint density at radius 2 is 2.08 bits per heavy atom. The van der Waals surface area contributed by atoms with Gasteiger partial charge in [0, 0.05) is 24.2 Å². The highest BCUT2D eigenvalue weighted by Crippen LogP contribution is 2.31. The Hall–Kier alpha value is -2.53. The quantitative estimate of drug-likeness (QED) is 0.304. The third-order valence-corrected chi connectivity index (χ3v) is 5.49. The zero-order chi connectivity index (χ0) is 19.1. The van der Waals surface area contributed by atoms with Crippen LogP contribution >= 0.6 is 23.1 Å². The summed E-state index contributed by atoms with van der Waals surface area (Å²) in [7, 11) is 0. The Kier molecular flexibility index (Phi) is 7.04. The van der Waals surface area contributed by atoms with E-state index in [9.17, 15) is 19.7 Å². The molecule has 2 amide bonds. The number of carbonyl (C=O) groups is 2. The second-order valence-corrected chi connectivity index (χ2v) is 7.51. The van der Waals surface area contributed by atoms with Gasteiger partial charge < -0.3 is 10.6 Å². The summed E-state index contributed by atoms with van der Waals surface area (Å²) in [5.41, 5.74) is 0.264. The highest BCUT2D eigenvalue weighted by molar-refractivity contribution is 8.02. The maximum Gasteiger partial charge on any atom is 0.271 e. The molecular weight excluding hydrogens is 378 g/mol. The van der Waals surface area contributed by atoms with Crippen LogP contribution in [0.4, 0.5) is 16.5 Å². The van der Waals surface area contributed by atoms with Crippen LogP contribution < -0.4 is 10.6 Å². The van der Waals surface area contributed by atoms with E-state index < -0.39 is 10.2 Å². The Balaban J connectivity index is 2.01. The minimum absolute atomic E-state index is 0.0936. The fourth-order valence-corrected chi connectivity index (χ4v) is 3.81. The Labute approximate surface area is 157 Å². The largest absolute Gasteiger partial charge is 0.325 e. The third-order valence-electron chi connectivity index (χ3n) is 3.20. The molecule has 1 atom stereocenters. The van der Waals surface area contributed by atoms with Crippen molar-refractivity contribution in [1.29, 1.82) is 0 Å². The zero-order valence-electron chi connectivity index (χ0n) is 14.1. The van der Waals surface area contributed by atoms with Crippen LogP contribution in [0.15, 0.2) is 28.6 Å². The predicted molar refractivity (Wildman–Crippen MR) is 100 cm³/mol. The standard InChI is InChI=1S/C15H17N5O4S2/c1-3-11(25-15-19-18-14(26-15)17-12(21)4-2)13(22)16-9-6-5-7-10(8-9)20(23)24/h5-8,11H,3-4H2,1-2H3,(H,16,22)(H,17,18,21). The van der Waals surface area contributed by atoms with E-state index in [1.54, 1.807) is 13.0 Å². The predicted octanol–water partition coefficient (Wildman–Crippen LogP) is 3.30. The van der Waals surface area contributed by atoms with Gasteiger partial charge in [-0.2, -0.15) is 0 Å². The highest BCUT2D eigenvalue weighted by atomic mass is 32.2. The van der Waals surface area contributed by atoms with E-state index in [0.29, 0.717) is 28.0 Å². The van der Waals surface area contributed by atoms with E-state index in [1.165, 1.54) is 41.3 Å². The molecule has 2 N–H and O–H groups in total. The van der Waals surface area contributed by atoms with Crippen molar-refractivity contribution >= 4 is 51.4 Å². The topological polar surface area (TPSA) is 127 Å². The van der Waals surface area contributed by atoms with E-state index >= 15 is 0 Å². The fraction of sp³-hybridized carbons (Fsp3) is 0.333. The summed E-state index contributed by atoms with van der Waals surface area (Å²) in [4.78, 5) is 34.1. The van der Waals surface area contributed by atoms with E-state index in [-0.39, 0.29) is 17.5 Å². The van der Waals surface area contributed by atoms with Gasteiger partial charge in [0.1, 0.15) is 0 Å². The molecule has 11 heteroatoms. The summed E-state index contributed by atoms with van der Waals surface area (Å²) in [6, 6.07) is 5.76. The lowest BCUT2D eigenvalue weighted by molar-refractivity contribution is -0.384. The number of nitro benzene ring substituents is 1. The third kappa shape index (κ3) is 5.49. The van der Waals surface area contributed by atoms with E-state index in [4.69, 9.17) is 0 Å². The lowest BCUT2D eigenvalue weighted by Crippen LogP contribution is -2.24. The van der Waals surface area contributed by atoms with Crippen molar-refractivity contribution < 1.29 is 14.5 Å². The van der Waals surface area contributed by atoms with Crippen molar-refractivity contribution in [1.82, 2.24) is 10.2 Å². The van der Waals surface area contributed by atoms with Gasteiger partial charge in [-0.05, 0) is 12.5 Å². The van der Waals surface area contributed by atoms with Crippen LogP contribution in [0.25, 0.3) is 0 Å². The molecule has 2 rings (SSSR count). The second-order valence-electron chi connectivity index (χ2n) is 5.09. The molecule has 0 aliphatic rings. The van der Waals surface area contributed by atoms with Gasteiger partial charge in [-0.15, -0.1) is 10.2 Å². The normalized spacial score (nSPS) is 11.6. The number of hydrogen-bond acceptors (Lipinski definition) is 8. The first-order chi connectivity index (χ1) is 12.4. The molecule has 0 bridgehead atoms. The average molecular weight is 395 g/mol. The van der Waals surface area contributed by atoms with Crippen molar-refractivity contribution in [2.24, 2.45) is 0 Å². The summed E-state index contributed by atoms with van der Waals surface area (Å²) < 4.78 is 0.553. The van der Waals surface area contributed by atoms with Crippen LogP contribution in [-0.4, -0.2) is 32.2 Å². The molecule has 1 heterocycles. The van der Waals surface area contributed by atoms with Gasteiger partial charge in [0.2, 0.25) is 16.9 Å². The number of aromatic nitrogens is 2. The summed E-state index contributed by atoms with van der Waals surface area (Å²) in [5, 5.41) is 23.9. The zero-order valence-corrected chi connectivity index (χ0v) is 15.7. The summed E-state index contributed by atoms with van der Waals surface area (Å²) >= 11 is 2.42. The fourth-order valence-electron chi connectivity index (χ4n) is 1.88. The number of nitrogens with zero attached hydrogens (tertiary/aromatic N) is 3. The molecule has 0 aliphatic carbocycles. The van der Waals surface area contributed by atoms with Crippen LogP contribution in [0.5, 0.6) is 0 Å². The molecule has 138 valence electrons. The van der Waals surface area contributed by atoms with E-state index in [0.717, 1.165) is 0 Å². The lowest BCUT2D eigenvalue weighted by atomic mass is 10.2. The van der Waals surface area contributed by atoms with Gasteiger partial charge in [-0.3, -0.25) is 19.7 Å². The first-order valence-corrected chi connectivity index (χ1v) is 9.47. The number of anilines is 2. The SMILES string of the molecule is CCC(=O)Nc1nnc(SC(CC)C(=O)Nc2cccc([N+](=O)[O-])c2)s1. The molecule has 0 spiro atoms. The first kappa shape index (κ1) is 19.8. The number of non-ortho nitro benzene ring substituents is 1. The molecule has 26 heavy (non-hydrogen) atoms. The first-order valence-electron chi connectivity index (χ1n) is 7.78. The summed E-state index contributed by atoms with van der Waals surface area (Å²) in [5.74, 6) is -0.444. The molecular formula is C15H17N5O4S2. The van der Waals surface area contributed by atoms with Gasteiger partial charge >= 0.3 is 0 Å². The molecule has 1 aromatic heterocycles. The number of nitrogens with one attached hydrogen (secondary N) is 2. The van der Waals surface area contributed by atoms with Gasteiger partial charge in [-0.1, -0.05) is 43.0 Å². The van der Waals surface area contributed by atoms with Crippen molar-refractivity contribution in [3.63, 3.8) is 0 Å². The summed E-state index contributed by atoms with van der Waals surface area (Å²) in [6.45, 7) is 3.59. The van der Waals surface area contributed by atoms with Crippen molar-refractivity contribution in [2.75, 3.05) is 10.6 Å². The Bertz CT molecular complexity index is 811. The van der Waals surface area contributed by atoms with Crippen LogP contribution in [-0.2, 0) is 9.59 Å². The molecule has 0 saturated carbocycles. The van der Waals surface area contributed by atoms with Crippen LogP contribution in [0, 0.1) is 10.1 Å². The molecule has 1 unspecified atom stereocenters. The van der Waals surface area contributed by atoms with Gasteiger partial charge in [0.15, 0.2) is 4.34 Å². The molecule has 0 fully saturated rings. The maximum atomic E-state index is 12.4. The van der Waals surface area contributed by atoms with Crippen molar-refractivity contribution in [2.45, 2.75) is 36.3 Å². The maximum absolute atomic E-state index is 12.4. The molecule has 2 aromatic rings. The molecule has 0 saturated heterocycles. The summed E-state index contributed by atoms with van der Waals surface area (Å²) in [6.07, 6.45) is 0.868. The number of nitro groups is 1. The van der Waals surface area contributed by atoms with Crippen molar-refractivity contribution in [3.8, 4) is 0 Å². The molecule has 0 radical (unpaired) electrons. The minimum Gasteiger partial charge on any atom is -0.325 e. The monoisotopic (exact) mass is 395 g/mol. The van der Waals surface area contributed by atoms with Crippen LogP contribution in [0.1, 0.15) is 26.7 Å². The van der Waals surface area contributed by atoms with Gasteiger partial charge in [-0.25, -0.2) is 0 Å². The average Bonchev–Trinajstić information content (AvgIpc) is 3.06. The second kappa shape index (κ2) is 9.25. The lowest BCUT2D eigenvalue weighted by Gasteiger charge is -2.12. The smallest absolute Gasteiger partial charge is 0.271 e. The number of hydrogen-bond donors (Lipinski definition) is 2. The number of carbonyl (C=O) groups excluding carboxylic acids is 2. The number of rotatable bonds is 8. The van der Waals surface area contributed by atoms with Crippen LogP contribution in [0.3, 0.4) is 0 Å². The molecule has 9 nitrogen and oxygen atoms in total. The van der Waals surface area contributed by atoms with E-state index in [1.807, 2.05) is 6.92 Å². The Morgan fingerprint density at radius 3 is 2.73 bits per heavy atom. The molecule has 0 aliphatic heterocycles. The Morgan fingerprint density at radius 1 is 1.31 bits per heavy atom. The van der Waals surface area contributed by atoms with E-state index in [2.05, 4.69) is 20.8 Å². The number of thioether (sulfide) groups is 1. The van der Waals surface area contributed by atoms with Crippen molar-refractivity contribution in [3.05, 3.63) is 34.4 Å². The molecule has 1 aromatic carbocycles. The van der Waals surface area contributed by atoms with Crippen LogP contribution in [0.2, 0.25) is 0 Å². The number of benzene rings is 1. The van der Waals surface area contributed by atoms with Gasteiger partial charge in [0.05, 0.1) is 10.2 Å². The minimum atomic E-state index is -0.519. The van der Waals surface area contributed by atoms with Gasteiger partial charge in [0.25, 0.3) is 5.69 Å².